The molecule has 0 radical (unpaired) electrons. The molecule has 0 fully saturated rings. The molecular formula is C29H23N. The summed E-state index contributed by atoms with van der Waals surface area (Å²) in [6.07, 6.45) is 0. The first-order chi connectivity index (χ1) is 14.7. The van der Waals surface area contributed by atoms with Gasteiger partial charge in [-0.1, -0.05) is 72.8 Å². The number of anilines is 2. The van der Waals surface area contributed by atoms with E-state index >= 15 is 0 Å². The summed E-state index contributed by atoms with van der Waals surface area (Å²) in [5, 5.41) is 10.5. The number of hydrogen-bond acceptors (Lipinski definition) is 1. The Morgan fingerprint density at radius 2 is 0.967 bits per heavy atom. The molecule has 0 aliphatic rings. The van der Waals surface area contributed by atoms with Crippen LogP contribution < -0.4 is 4.90 Å². The van der Waals surface area contributed by atoms with Crippen molar-refractivity contribution >= 4 is 54.5 Å². The molecule has 0 amide bonds. The van der Waals surface area contributed by atoms with Crippen molar-refractivity contribution in [3.63, 3.8) is 0 Å². The first-order valence-corrected chi connectivity index (χ1v) is 10.6. The highest BCUT2D eigenvalue weighted by molar-refractivity contribution is 6.23. The van der Waals surface area contributed by atoms with Gasteiger partial charge in [0.1, 0.15) is 0 Å². The zero-order valence-corrected chi connectivity index (χ0v) is 17.3. The summed E-state index contributed by atoms with van der Waals surface area (Å²) in [6.45, 7) is 4.53. The van der Waals surface area contributed by atoms with E-state index in [1.54, 1.807) is 0 Å². The molecule has 0 atom stereocenters. The normalized spacial score (nSPS) is 12.0. The van der Waals surface area contributed by atoms with Gasteiger partial charge >= 0.3 is 0 Å². The van der Waals surface area contributed by atoms with Gasteiger partial charge in [0.25, 0.3) is 0 Å². The topological polar surface area (TPSA) is 3.24 Å². The highest BCUT2D eigenvalue weighted by Gasteiger charge is 2.16. The van der Waals surface area contributed by atoms with Gasteiger partial charge in [0.2, 0.25) is 0 Å². The van der Waals surface area contributed by atoms with Crippen molar-refractivity contribution in [3.8, 4) is 0 Å². The van der Waals surface area contributed by atoms with E-state index in [2.05, 4.69) is 116 Å². The lowest BCUT2D eigenvalue weighted by Crippen LogP contribution is -2.25. The molecule has 0 N–H and O–H groups in total. The fourth-order valence-electron chi connectivity index (χ4n) is 4.95. The van der Waals surface area contributed by atoms with E-state index in [0.717, 1.165) is 0 Å². The molecule has 0 bridgehead atoms. The average molecular weight is 386 g/mol. The molecule has 0 saturated carbocycles. The molecule has 0 spiro atoms. The molecule has 0 aromatic heterocycles. The smallest absolute Gasteiger partial charge is 0.0425 e. The maximum absolute atomic E-state index is 2.45. The Morgan fingerprint density at radius 3 is 1.63 bits per heavy atom. The standard InChI is InChI=1S/C29H23N/c1-19(2)30(26-15-14-20-6-3-4-7-23(20)16-26)27-17-24-12-10-21-8-5-9-22-11-13-25(18-27)29(24)28(21)22/h3-19H,1-2H3. The van der Waals surface area contributed by atoms with Crippen LogP contribution in [0.1, 0.15) is 13.8 Å². The van der Waals surface area contributed by atoms with Crippen LogP contribution in [0.15, 0.2) is 97.1 Å². The first-order valence-electron chi connectivity index (χ1n) is 10.6. The molecule has 144 valence electrons. The fourth-order valence-corrected chi connectivity index (χ4v) is 4.95. The van der Waals surface area contributed by atoms with Gasteiger partial charge in [0.05, 0.1) is 0 Å². The van der Waals surface area contributed by atoms with Crippen molar-refractivity contribution < 1.29 is 0 Å². The van der Waals surface area contributed by atoms with Crippen molar-refractivity contribution in [2.45, 2.75) is 19.9 Å². The largest absolute Gasteiger partial charge is 0.339 e. The molecular weight excluding hydrogens is 362 g/mol. The minimum absolute atomic E-state index is 0.347. The van der Waals surface area contributed by atoms with Crippen molar-refractivity contribution in [1.82, 2.24) is 0 Å². The Morgan fingerprint density at radius 1 is 0.467 bits per heavy atom. The molecule has 6 rings (SSSR count). The quantitative estimate of drug-likeness (QED) is 0.277. The fraction of sp³-hybridized carbons (Fsp3) is 0.103. The van der Waals surface area contributed by atoms with Crippen LogP contribution in [-0.4, -0.2) is 6.04 Å². The van der Waals surface area contributed by atoms with Crippen LogP contribution in [0.2, 0.25) is 0 Å². The van der Waals surface area contributed by atoms with E-state index < -0.39 is 0 Å². The van der Waals surface area contributed by atoms with Crippen LogP contribution in [-0.2, 0) is 0 Å². The van der Waals surface area contributed by atoms with Crippen LogP contribution in [0.3, 0.4) is 0 Å². The summed E-state index contributed by atoms with van der Waals surface area (Å²) in [5.41, 5.74) is 2.47. The van der Waals surface area contributed by atoms with Gasteiger partial charge in [-0.05, 0) is 81.2 Å². The third-order valence-corrected chi connectivity index (χ3v) is 6.25. The molecule has 30 heavy (non-hydrogen) atoms. The molecule has 0 aliphatic carbocycles. The predicted molar refractivity (Wildman–Crippen MR) is 131 cm³/mol. The molecule has 0 heterocycles. The van der Waals surface area contributed by atoms with E-state index in [9.17, 15) is 0 Å². The Kier molecular flexibility index (Phi) is 3.73. The van der Waals surface area contributed by atoms with Gasteiger partial charge < -0.3 is 4.90 Å². The van der Waals surface area contributed by atoms with Crippen LogP contribution in [0.4, 0.5) is 11.4 Å². The average Bonchev–Trinajstić information content (AvgIpc) is 2.77. The number of benzene rings is 6. The molecule has 1 heteroatoms. The van der Waals surface area contributed by atoms with Crippen molar-refractivity contribution in [3.05, 3.63) is 97.1 Å². The highest BCUT2D eigenvalue weighted by atomic mass is 15.2. The lowest BCUT2D eigenvalue weighted by Gasteiger charge is -2.30. The van der Waals surface area contributed by atoms with Crippen LogP contribution in [0, 0.1) is 0 Å². The SMILES string of the molecule is CC(C)N(c1ccc2ccccc2c1)c1cc2ccc3cccc4ccc(c1)c2c34. The van der Waals surface area contributed by atoms with Gasteiger partial charge in [0, 0.05) is 17.4 Å². The first kappa shape index (κ1) is 17.3. The van der Waals surface area contributed by atoms with Crippen molar-refractivity contribution in [2.75, 3.05) is 4.90 Å². The zero-order valence-electron chi connectivity index (χ0n) is 17.3. The maximum atomic E-state index is 2.45. The summed E-state index contributed by atoms with van der Waals surface area (Å²) >= 11 is 0. The Labute approximate surface area is 176 Å². The van der Waals surface area contributed by atoms with Crippen molar-refractivity contribution in [1.29, 1.82) is 0 Å². The van der Waals surface area contributed by atoms with Crippen LogP contribution >= 0.6 is 0 Å². The van der Waals surface area contributed by atoms with Gasteiger partial charge in [0.15, 0.2) is 0 Å². The van der Waals surface area contributed by atoms with Gasteiger partial charge in [-0.3, -0.25) is 0 Å². The number of fused-ring (bicyclic) bond motifs is 1. The zero-order chi connectivity index (χ0) is 20.2. The second kappa shape index (κ2) is 6.47. The lowest BCUT2D eigenvalue weighted by molar-refractivity contribution is 0.790. The van der Waals surface area contributed by atoms with E-state index in [4.69, 9.17) is 0 Å². The summed E-state index contributed by atoms with van der Waals surface area (Å²) in [6, 6.07) is 36.0. The van der Waals surface area contributed by atoms with Gasteiger partial charge in [-0.15, -0.1) is 0 Å². The molecule has 6 aromatic rings. The van der Waals surface area contributed by atoms with E-state index in [0.29, 0.717) is 6.04 Å². The molecule has 6 aromatic carbocycles. The third kappa shape index (κ3) is 2.55. The summed E-state index contributed by atoms with van der Waals surface area (Å²) < 4.78 is 0. The molecule has 0 unspecified atom stereocenters. The molecule has 0 aliphatic heterocycles. The van der Waals surface area contributed by atoms with Gasteiger partial charge in [-0.25, -0.2) is 0 Å². The Bertz CT molecular complexity index is 1460. The number of rotatable bonds is 3. The minimum atomic E-state index is 0.347. The summed E-state index contributed by atoms with van der Waals surface area (Å²) in [5.74, 6) is 0. The monoisotopic (exact) mass is 385 g/mol. The van der Waals surface area contributed by atoms with E-state index in [1.807, 2.05) is 0 Å². The minimum Gasteiger partial charge on any atom is -0.339 e. The van der Waals surface area contributed by atoms with E-state index in [1.165, 1.54) is 54.5 Å². The summed E-state index contributed by atoms with van der Waals surface area (Å²) in [4.78, 5) is 2.45. The highest BCUT2D eigenvalue weighted by Crippen LogP contribution is 2.39. The van der Waals surface area contributed by atoms with Crippen LogP contribution in [0.5, 0.6) is 0 Å². The Balaban J connectivity index is 1.60. The molecule has 0 saturated heterocycles. The predicted octanol–water partition coefficient (Wildman–Crippen LogP) is 8.28. The second-order valence-corrected chi connectivity index (χ2v) is 8.47. The van der Waals surface area contributed by atoms with E-state index in [-0.39, 0.29) is 0 Å². The third-order valence-electron chi connectivity index (χ3n) is 6.25. The number of hydrogen-bond donors (Lipinski definition) is 0. The molecule has 1 nitrogen and oxygen atoms in total. The van der Waals surface area contributed by atoms with Crippen LogP contribution in [0.25, 0.3) is 43.1 Å². The maximum Gasteiger partial charge on any atom is 0.0425 e. The second-order valence-electron chi connectivity index (χ2n) is 8.47. The summed E-state index contributed by atoms with van der Waals surface area (Å²) in [7, 11) is 0. The van der Waals surface area contributed by atoms with Gasteiger partial charge in [-0.2, -0.15) is 0 Å². The lowest BCUT2D eigenvalue weighted by atomic mass is 9.93. The number of nitrogens with zero attached hydrogens (tertiary/aromatic N) is 1. The Hall–Kier alpha value is -3.58. The van der Waals surface area contributed by atoms with Crippen molar-refractivity contribution in [2.24, 2.45) is 0 Å².